The molecule has 5 nitrogen and oxygen atoms in total. The fourth-order valence-electron chi connectivity index (χ4n) is 2.02. The van der Waals surface area contributed by atoms with E-state index in [0.717, 1.165) is 0 Å². The van der Waals surface area contributed by atoms with E-state index in [9.17, 15) is 13.6 Å². The lowest BCUT2D eigenvalue weighted by molar-refractivity contribution is -0.162. The summed E-state index contributed by atoms with van der Waals surface area (Å²) in [6, 6.07) is 5.73. The number of esters is 1. The molecule has 0 bridgehead atoms. The Morgan fingerprint density at radius 3 is 2.52 bits per heavy atom. The van der Waals surface area contributed by atoms with Crippen LogP contribution in [0.5, 0.6) is 0 Å². The van der Waals surface area contributed by atoms with Crippen LogP contribution in [0.1, 0.15) is 12.5 Å². The molecule has 1 heterocycles. The molecule has 1 aliphatic rings. The smallest absolute Gasteiger partial charge is 0.386 e. The van der Waals surface area contributed by atoms with Gasteiger partial charge in [0, 0.05) is 10.6 Å². The lowest BCUT2D eigenvalue weighted by Crippen LogP contribution is -2.43. The van der Waals surface area contributed by atoms with Crippen molar-refractivity contribution in [1.82, 2.24) is 5.01 Å². The fourth-order valence-corrected chi connectivity index (χ4v) is 2.15. The van der Waals surface area contributed by atoms with Gasteiger partial charge in [-0.05, 0) is 19.1 Å². The van der Waals surface area contributed by atoms with Crippen LogP contribution < -0.4 is 0 Å². The van der Waals surface area contributed by atoms with Crippen LogP contribution in [0.15, 0.2) is 29.4 Å². The number of benzene rings is 1. The van der Waals surface area contributed by atoms with E-state index in [4.69, 9.17) is 16.3 Å². The molecule has 126 valence electrons. The second kappa shape index (κ2) is 7.70. The second-order valence-corrected chi connectivity index (χ2v) is 5.25. The van der Waals surface area contributed by atoms with Crippen LogP contribution in [0.4, 0.5) is 8.78 Å². The molecule has 0 amide bonds. The maximum Gasteiger partial charge on any atom is 0.386 e. The van der Waals surface area contributed by atoms with Gasteiger partial charge in [0.05, 0.1) is 32.9 Å². The summed E-state index contributed by atoms with van der Waals surface area (Å²) in [7, 11) is 0. The lowest BCUT2D eigenvalue weighted by atomic mass is 10.0. The van der Waals surface area contributed by atoms with Gasteiger partial charge in [-0.1, -0.05) is 23.7 Å². The summed E-state index contributed by atoms with van der Waals surface area (Å²) in [6.07, 6.45) is 0. The van der Waals surface area contributed by atoms with Gasteiger partial charge in [0.15, 0.2) is 0 Å². The van der Waals surface area contributed by atoms with E-state index in [1.165, 1.54) is 36.2 Å². The summed E-state index contributed by atoms with van der Waals surface area (Å²) < 4.78 is 38.7. The highest BCUT2D eigenvalue weighted by Gasteiger charge is 2.47. The molecule has 0 N–H and O–H groups in total. The Morgan fingerprint density at radius 1 is 1.35 bits per heavy atom. The Kier molecular flexibility index (Phi) is 5.90. The van der Waals surface area contributed by atoms with Crippen molar-refractivity contribution in [3.8, 4) is 0 Å². The summed E-state index contributed by atoms with van der Waals surface area (Å²) in [5.41, 5.74) is -0.548. The van der Waals surface area contributed by atoms with E-state index in [0.29, 0.717) is 31.3 Å². The molecule has 0 aromatic heterocycles. The zero-order chi connectivity index (χ0) is 16.9. The standard InChI is InChI=1S/C15H17ClF2N2O3/c1-2-23-14(21)15(17,18)13(11-3-5-12(16)6-4-11)19-20-7-9-22-10-8-20/h3-6H,2,7-10H2,1H3/b19-13+. The SMILES string of the molecule is CCOC(=O)C(F)(F)/C(=N/N1CCOCC1)c1ccc(Cl)cc1. The Hall–Kier alpha value is -1.73. The third-order valence-electron chi connectivity index (χ3n) is 3.18. The van der Waals surface area contributed by atoms with E-state index in [-0.39, 0.29) is 12.2 Å². The number of carbonyl (C=O) groups is 1. The molecule has 0 spiro atoms. The molecule has 23 heavy (non-hydrogen) atoms. The van der Waals surface area contributed by atoms with Gasteiger partial charge in [-0.3, -0.25) is 5.01 Å². The Bertz CT molecular complexity index is 573. The molecule has 1 aromatic rings. The third-order valence-corrected chi connectivity index (χ3v) is 3.43. The zero-order valence-electron chi connectivity index (χ0n) is 12.6. The number of alkyl halides is 2. The monoisotopic (exact) mass is 346 g/mol. The molecule has 0 saturated carbocycles. The minimum Gasteiger partial charge on any atom is -0.461 e. The van der Waals surface area contributed by atoms with Gasteiger partial charge in [-0.25, -0.2) is 4.79 Å². The highest BCUT2D eigenvalue weighted by Crippen LogP contribution is 2.25. The summed E-state index contributed by atoms with van der Waals surface area (Å²) in [5, 5.41) is 5.85. The number of nitrogens with zero attached hydrogens (tertiary/aromatic N) is 2. The van der Waals surface area contributed by atoms with Crippen LogP contribution in [0.25, 0.3) is 0 Å². The number of carbonyl (C=O) groups excluding carboxylic acids is 1. The molecule has 0 unspecified atom stereocenters. The fraction of sp³-hybridized carbons (Fsp3) is 0.467. The lowest BCUT2D eigenvalue weighted by Gasteiger charge is -2.26. The van der Waals surface area contributed by atoms with Gasteiger partial charge >= 0.3 is 11.9 Å². The molecular weight excluding hydrogens is 330 g/mol. The van der Waals surface area contributed by atoms with Crippen molar-refractivity contribution in [2.75, 3.05) is 32.9 Å². The van der Waals surface area contributed by atoms with E-state index >= 15 is 0 Å². The first-order valence-corrected chi connectivity index (χ1v) is 7.55. The topological polar surface area (TPSA) is 51.1 Å². The Morgan fingerprint density at radius 2 is 1.96 bits per heavy atom. The van der Waals surface area contributed by atoms with Crippen molar-refractivity contribution in [1.29, 1.82) is 0 Å². The van der Waals surface area contributed by atoms with Crippen molar-refractivity contribution in [2.45, 2.75) is 12.8 Å². The van der Waals surface area contributed by atoms with Crippen LogP contribution >= 0.6 is 11.6 Å². The molecule has 8 heteroatoms. The van der Waals surface area contributed by atoms with Crippen LogP contribution in [-0.4, -0.2) is 55.5 Å². The summed E-state index contributed by atoms with van der Waals surface area (Å²) in [4.78, 5) is 11.7. The number of morpholine rings is 1. The molecule has 1 saturated heterocycles. The van der Waals surface area contributed by atoms with Crippen molar-refractivity contribution in [3.63, 3.8) is 0 Å². The average molecular weight is 347 g/mol. The molecular formula is C15H17ClF2N2O3. The van der Waals surface area contributed by atoms with E-state index in [1.54, 1.807) is 0 Å². The molecule has 0 aliphatic carbocycles. The predicted molar refractivity (Wildman–Crippen MR) is 82.0 cm³/mol. The quantitative estimate of drug-likeness (QED) is 0.607. The highest BCUT2D eigenvalue weighted by atomic mass is 35.5. The molecule has 1 aromatic carbocycles. The van der Waals surface area contributed by atoms with Gasteiger partial charge in [-0.2, -0.15) is 13.9 Å². The first-order valence-electron chi connectivity index (χ1n) is 7.18. The van der Waals surface area contributed by atoms with Crippen LogP contribution in [0, 0.1) is 0 Å². The zero-order valence-corrected chi connectivity index (χ0v) is 13.4. The minimum absolute atomic E-state index is 0.110. The summed E-state index contributed by atoms with van der Waals surface area (Å²) in [6.45, 7) is 2.85. The molecule has 2 rings (SSSR count). The van der Waals surface area contributed by atoms with Crippen LogP contribution in [-0.2, 0) is 14.3 Å². The number of hydrogen-bond donors (Lipinski definition) is 0. The van der Waals surface area contributed by atoms with Crippen LogP contribution in [0.2, 0.25) is 5.02 Å². The van der Waals surface area contributed by atoms with Crippen molar-refractivity contribution < 1.29 is 23.0 Å². The predicted octanol–water partition coefficient (Wildman–Crippen LogP) is 2.57. The minimum atomic E-state index is -3.86. The molecule has 0 radical (unpaired) electrons. The first kappa shape index (κ1) is 17.6. The second-order valence-electron chi connectivity index (χ2n) is 4.82. The number of ether oxygens (including phenoxy) is 2. The Labute approximate surface area is 137 Å². The number of hydrogen-bond acceptors (Lipinski definition) is 5. The highest BCUT2D eigenvalue weighted by molar-refractivity contribution is 6.30. The van der Waals surface area contributed by atoms with Gasteiger partial charge < -0.3 is 9.47 Å². The largest absolute Gasteiger partial charge is 0.461 e. The molecule has 1 fully saturated rings. The molecule has 0 atom stereocenters. The van der Waals surface area contributed by atoms with Gasteiger partial charge in [-0.15, -0.1) is 0 Å². The normalized spacial score (nSPS) is 16.3. The van der Waals surface area contributed by atoms with Crippen molar-refractivity contribution in [3.05, 3.63) is 34.9 Å². The number of halogens is 3. The maximum absolute atomic E-state index is 14.5. The van der Waals surface area contributed by atoms with Crippen molar-refractivity contribution >= 4 is 23.3 Å². The van der Waals surface area contributed by atoms with Gasteiger partial charge in [0.25, 0.3) is 0 Å². The summed E-state index contributed by atoms with van der Waals surface area (Å²) in [5.74, 6) is -5.48. The summed E-state index contributed by atoms with van der Waals surface area (Å²) >= 11 is 5.79. The molecule has 1 aliphatic heterocycles. The van der Waals surface area contributed by atoms with Crippen molar-refractivity contribution in [2.24, 2.45) is 5.10 Å². The average Bonchev–Trinajstić information content (AvgIpc) is 2.55. The van der Waals surface area contributed by atoms with E-state index < -0.39 is 17.6 Å². The van der Waals surface area contributed by atoms with Gasteiger partial charge in [0.1, 0.15) is 5.71 Å². The maximum atomic E-state index is 14.5. The first-order chi connectivity index (χ1) is 10.9. The van der Waals surface area contributed by atoms with Crippen LogP contribution in [0.3, 0.4) is 0 Å². The number of hydrazone groups is 1. The Balaban J connectivity index is 2.39. The van der Waals surface area contributed by atoms with Gasteiger partial charge in [0.2, 0.25) is 0 Å². The van der Waals surface area contributed by atoms with E-state index in [2.05, 4.69) is 9.84 Å². The number of rotatable bonds is 5. The van der Waals surface area contributed by atoms with E-state index in [1.807, 2.05) is 0 Å². The third kappa shape index (κ3) is 4.39.